The van der Waals surface area contributed by atoms with Crippen LogP contribution in [0.4, 0.5) is 5.69 Å². The van der Waals surface area contributed by atoms with E-state index >= 15 is 0 Å². The SMILES string of the molecule is Cc1nn(C)cc1NC(=O)/C=C/C(=O)O. The van der Waals surface area contributed by atoms with Crippen LogP contribution in [0, 0.1) is 6.92 Å². The van der Waals surface area contributed by atoms with Gasteiger partial charge in [0.15, 0.2) is 0 Å². The van der Waals surface area contributed by atoms with Crippen LogP contribution in [0.15, 0.2) is 18.3 Å². The number of nitrogens with one attached hydrogen (secondary N) is 1. The molecule has 1 rings (SSSR count). The number of carbonyl (C=O) groups excluding carboxylic acids is 1. The molecule has 0 saturated heterocycles. The molecule has 6 nitrogen and oxygen atoms in total. The van der Waals surface area contributed by atoms with Crippen LogP contribution in [0.25, 0.3) is 0 Å². The van der Waals surface area contributed by atoms with Gasteiger partial charge in [-0.1, -0.05) is 0 Å². The number of nitrogens with zero attached hydrogens (tertiary/aromatic N) is 2. The highest BCUT2D eigenvalue weighted by Gasteiger charge is 2.05. The topological polar surface area (TPSA) is 84.2 Å². The van der Waals surface area contributed by atoms with Crippen molar-refractivity contribution >= 4 is 17.6 Å². The molecule has 1 amide bonds. The standard InChI is InChI=1S/C9H11N3O3/c1-6-7(5-12(2)11-6)10-8(13)3-4-9(14)15/h3-5H,1-2H3,(H,10,13)(H,14,15)/b4-3+. The Bertz CT molecular complexity index is 420. The zero-order valence-electron chi connectivity index (χ0n) is 8.39. The fraction of sp³-hybridized carbons (Fsp3) is 0.222. The van der Waals surface area contributed by atoms with Gasteiger partial charge in [0.2, 0.25) is 5.91 Å². The predicted octanol–water partition coefficient (Wildman–Crippen LogP) is 0.308. The zero-order chi connectivity index (χ0) is 11.4. The molecular weight excluding hydrogens is 198 g/mol. The van der Waals surface area contributed by atoms with Gasteiger partial charge < -0.3 is 10.4 Å². The number of anilines is 1. The molecule has 0 aliphatic heterocycles. The van der Waals surface area contributed by atoms with Gasteiger partial charge in [-0.2, -0.15) is 5.10 Å². The predicted molar refractivity (Wildman–Crippen MR) is 53.4 cm³/mol. The van der Waals surface area contributed by atoms with Crippen molar-refractivity contribution in [1.82, 2.24) is 9.78 Å². The number of carboxylic acid groups (broad SMARTS) is 1. The Balaban J connectivity index is 2.66. The second-order valence-electron chi connectivity index (χ2n) is 2.96. The third-order valence-electron chi connectivity index (χ3n) is 1.65. The second-order valence-corrected chi connectivity index (χ2v) is 2.96. The molecule has 0 aromatic carbocycles. The summed E-state index contributed by atoms with van der Waals surface area (Å²) in [5, 5.41) is 14.8. The molecule has 15 heavy (non-hydrogen) atoms. The number of carbonyl (C=O) groups is 2. The normalized spacial score (nSPS) is 10.5. The lowest BCUT2D eigenvalue weighted by molar-refractivity contribution is -0.131. The third kappa shape index (κ3) is 3.26. The Morgan fingerprint density at radius 3 is 2.67 bits per heavy atom. The molecule has 0 saturated carbocycles. The maximum Gasteiger partial charge on any atom is 0.328 e. The summed E-state index contributed by atoms with van der Waals surface area (Å²) in [6.07, 6.45) is 3.37. The number of aromatic nitrogens is 2. The van der Waals surface area contributed by atoms with Crippen LogP contribution in [0.1, 0.15) is 5.69 Å². The molecule has 0 aliphatic carbocycles. The summed E-state index contributed by atoms with van der Waals surface area (Å²) in [7, 11) is 1.73. The van der Waals surface area contributed by atoms with Gasteiger partial charge in [0.1, 0.15) is 0 Å². The third-order valence-corrected chi connectivity index (χ3v) is 1.65. The highest BCUT2D eigenvalue weighted by molar-refractivity contribution is 6.02. The van der Waals surface area contributed by atoms with E-state index in [0.29, 0.717) is 11.4 Å². The van der Waals surface area contributed by atoms with E-state index in [2.05, 4.69) is 10.4 Å². The highest BCUT2D eigenvalue weighted by atomic mass is 16.4. The first-order valence-electron chi connectivity index (χ1n) is 4.21. The van der Waals surface area contributed by atoms with Gasteiger partial charge in [-0.3, -0.25) is 9.48 Å². The minimum absolute atomic E-state index is 0.492. The van der Waals surface area contributed by atoms with Crippen molar-refractivity contribution in [3.63, 3.8) is 0 Å². The number of rotatable bonds is 3. The Kier molecular flexibility index (Phi) is 3.22. The van der Waals surface area contributed by atoms with Crippen LogP contribution in [-0.2, 0) is 16.6 Å². The first-order valence-corrected chi connectivity index (χ1v) is 4.21. The molecule has 1 aromatic rings. The summed E-state index contributed by atoms with van der Waals surface area (Å²) in [6, 6.07) is 0. The van der Waals surface area contributed by atoms with Gasteiger partial charge in [0, 0.05) is 25.4 Å². The van der Waals surface area contributed by atoms with E-state index < -0.39 is 11.9 Å². The average Bonchev–Trinajstić information content (AvgIpc) is 2.42. The van der Waals surface area contributed by atoms with Crippen molar-refractivity contribution in [3.8, 4) is 0 Å². The van der Waals surface area contributed by atoms with E-state index in [1.54, 1.807) is 24.9 Å². The van der Waals surface area contributed by atoms with Crippen LogP contribution in [0.5, 0.6) is 0 Å². The summed E-state index contributed by atoms with van der Waals surface area (Å²) in [5.41, 5.74) is 1.24. The van der Waals surface area contributed by atoms with Gasteiger partial charge in [-0.05, 0) is 6.92 Å². The number of hydrogen-bond donors (Lipinski definition) is 2. The van der Waals surface area contributed by atoms with Gasteiger partial charge in [-0.15, -0.1) is 0 Å². The molecule has 0 fully saturated rings. The number of aryl methyl sites for hydroxylation is 2. The Morgan fingerprint density at radius 1 is 1.53 bits per heavy atom. The van der Waals surface area contributed by atoms with Gasteiger partial charge >= 0.3 is 5.97 Å². The molecule has 2 N–H and O–H groups in total. The number of amides is 1. The lowest BCUT2D eigenvalue weighted by Crippen LogP contribution is -2.08. The van der Waals surface area contributed by atoms with Crippen LogP contribution in [0.2, 0.25) is 0 Å². The Labute approximate surface area is 86.2 Å². The number of carboxylic acids is 1. The quantitative estimate of drug-likeness (QED) is 0.701. The number of aliphatic carboxylic acids is 1. The van der Waals surface area contributed by atoms with Gasteiger partial charge in [0.25, 0.3) is 0 Å². The van der Waals surface area contributed by atoms with Crippen molar-refractivity contribution in [2.75, 3.05) is 5.32 Å². The summed E-state index contributed by atoms with van der Waals surface area (Å²) in [5.74, 6) is -1.65. The number of hydrogen-bond acceptors (Lipinski definition) is 3. The van der Waals surface area contributed by atoms with Gasteiger partial charge in [-0.25, -0.2) is 4.79 Å². The molecule has 0 unspecified atom stereocenters. The maximum atomic E-state index is 11.2. The molecule has 0 radical (unpaired) electrons. The summed E-state index contributed by atoms with van der Waals surface area (Å²) < 4.78 is 1.56. The first-order chi connectivity index (χ1) is 6.99. The average molecular weight is 209 g/mol. The van der Waals surface area contributed by atoms with E-state index in [0.717, 1.165) is 12.2 Å². The van der Waals surface area contributed by atoms with Gasteiger partial charge in [0.05, 0.1) is 11.4 Å². The first kappa shape index (κ1) is 11.0. The van der Waals surface area contributed by atoms with Crippen LogP contribution in [0.3, 0.4) is 0 Å². The molecule has 0 bridgehead atoms. The summed E-state index contributed by atoms with van der Waals surface area (Å²) in [4.78, 5) is 21.3. The second kappa shape index (κ2) is 4.41. The molecule has 1 heterocycles. The maximum absolute atomic E-state index is 11.2. The summed E-state index contributed by atoms with van der Waals surface area (Å²) in [6.45, 7) is 1.75. The van der Waals surface area contributed by atoms with Crippen LogP contribution < -0.4 is 5.32 Å². The van der Waals surface area contributed by atoms with E-state index in [4.69, 9.17) is 5.11 Å². The van der Waals surface area contributed by atoms with E-state index in [9.17, 15) is 9.59 Å². The fourth-order valence-electron chi connectivity index (χ4n) is 1.04. The molecule has 0 atom stereocenters. The molecule has 1 aromatic heterocycles. The molecule has 0 spiro atoms. The smallest absolute Gasteiger partial charge is 0.328 e. The lowest BCUT2D eigenvalue weighted by Gasteiger charge is -1.97. The van der Waals surface area contributed by atoms with Crippen LogP contribution in [-0.4, -0.2) is 26.8 Å². The van der Waals surface area contributed by atoms with Crippen molar-refractivity contribution in [3.05, 3.63) is 24.0 Å². The largest absolute Gasteiger partial charge is 0.478 e. The molecule has 6 heteroatoms. The zero-order valence-corrected chi connectivity index (χ0v) is 8.39. The van der Waals surface area contributed by atoms with Crippen molar-refractivity contribution in [2.45, 2.75) is 6.92 Å². The van der Waals surface area contributed by atoms with Crippen molar-refractivity contribution in [1.29, 1.82) is 0 Å². The highest BCUT2D eigenvalue weighted by Crippen LogP contribution is 2.10. The molecule has 80 valence electrons. The monoisotopic (exact) mass is 209 g/mol. The van der Waals surface area contributed by atoms with E-state index in [1.165, 1.54) is 0 Å². The minimum atomic E-state index is -1.16. The van der Waals surface area contributed by atoms with Crippen molar-refractivity contribution in [2.24, 2.45) is 7.05 Å². The van der Waals surface area contributed by atoms with E-state index in [1.807, 2.05) is 0 Å². The lowest BCUT2D eigenvalue weighted by atomic mass is 10.4. The molecule has 0 aliphatic rings. The minimum Gasteiger partial charge on any atom is -0.478 e. The molecular formula is C9H11N3O3. The van der Waals surface area contributed by atoms with Crippen molar-refractivity contribution < 1.29 is 14.7 Å². The fourth-order valence-corrected chi connectivity index (χ4v) is 1.04. The van der Waals surface area contributed by atoms with Crippen LogP contribution >= 0.6 is 0 Å². The van der Waals surface area contributed by atoms with E-state index in [-0.39, 0.29) is 0 Å². The Hall–Kier alpha value is -2.11. The Morgan fingerprint density at radius 2 is 2.20 bits per heavy atom. The summed E-state index contributed by atoms with van der Waals surface area (Å²) >= 11 is 0.